The van der Waals surface area contributed by atoms with Crippen LogP contribution in [0.25, 0.3) is 0 Å². The van der Waals surface area contributed by atoms with Crippen LogP contribution < -0.4 is 0 Å². The summed E-state index contributed by atoms with van der Waals surface area (Å²) in [6.07, 6.45) is 6.15. The first-order valence-corrected chi connectivity index (χ1v) is 8.30. The van der Waals surface area contributed by atoms with Crippen LogP contribution in [0, 0.1) is 5.92 Å². The van der Waals surface area contributed by atoms with Gasteiger partial charge in [-0.1, -0.05) is 40.0 Å². The first-order valence-electron chi connectivity index (χ1n) is 7.25. The summed E-state index contributed by atoms with van der Waals surface area (Å²) >= 11 is 1.82. The molecule has 3 heteroatoms. The average molecular weight is 269 g/mol. The monoisotopic (exact) mass is 269 g/mol. The maximum absolute atomic E-state index is 12.1. The lowest BCUT2D eigenvalue weighted by atomic mass is 10.2. The van der Waals surface area contributed by atoms with Crippen molar-refractivity contribution in [2.75, 3.05) is 18.8 Å². The van der Waals surface area contributed by atoms with E-state index >= 15 is 0 Å². The van der Waals surface area contributed by atoms with E-state index in [1.807, 2.05) is 16.7 Å². The van der Waals surface area contributed by atoms with Crippen LogP contribution in [0.2, 0.25) is 0 Å². The summed E-state index contributed by atoms with van der Waals surface area (Å²) in [5.74, 6) is 1.99. The molecule has 0 radical (unpaired) electrons. The SMILES string of the molecule is CCCCCCS/C=C1\CCN(CC(C)C)C1=O. The van der Waals surface area contributed by atoms with E-state index in [1.165, 1.54) is 25.7 Å². The summed E-state index contributed by atoms with van der Waals surface area (Å²) in [6.45, 7) is 8.38. The minimum Gasteiger partial charge on any atom is -0.338 e. The fourth-order valence-electron chi connectivity index (χ4n) is 2.16. The van der Waals surface area contributed by atoms with Crippen LogP contribution in [0.15, 0.2) is 11.0 Å². The number of nitrogens with zero attached hydrogens (tertiary/aromatic N) is 1. The Morgan fingerprint density at radius 3 is 2.78 bits per heavy atom. The van der Waals surface area contributed by atoms with Gasteiger partial charge in [-0.2, -0.15) is 0 Å². The zero-order valence-electron chi connectivity index (χ0n) is 12.1. The van der Waals surface area contributed by atoms with Gasteiger partial charge in [0, 0.05) is 18.7 Å². The van der Waals surface area contributed by atoms with Gasteiger partial charge in [-0.3, -0.25) is 4.79 Å². The summed E-state index contributed by atoms with van der Waals surface area (Å²) in [5.41, 5.74) is 1.02. The third-order valence-corrected chi connectivity index (χ3v) is 4.12. The number of likely N-dealkylation sites (tertiary alicyclic amines) is 1. The Labute approximate surface area is 116 Å². The Bertz CT molecular complexity index is 286. The molecule has 0 unspecified atom stereocenters. The predicted molar refractivity (Wildman–Crippen MR) is 80.7 cm³/mol. The minimum atomic E-state index is 0.268. The Hall–Kier alpha value is -0.440. The van der Waals surface area contributed by atoms with E-state index in [-0.39, 0.29) is 5.91 Å². The van der Waals surface area contributed by atoms with Crippen LogP contribution in [0.4, 0.5) is 0 Å². The number of amides is 1. The van der Waals surface area contributed by atoms with E-state index in [4.69, 9.17) is 0 Å². The smallest absolute Gasteiger partial charge is 0.250 e. The van der Waals surface area contributed by atoms with E-state index in [0.29, 0.717) is 5.92 Å². The average Bonchev–Trinajstić information content (AvgIpc) is 2.65. The molecule has 0 atom stereocenters. The van der Waals surface area contributed by atoms with E-state index in [2.05, 4.69) is 26.2 Å². The van der Waals surface area contributed by atoms with Gasteiger partial charge in [0.2, 0.25) is 5.91 Å². The maximum Gasteiger partial charge on any atom is 0.250 e. The number of rotatable bonds is 8. The number of carbonyl (C=O) groups excluding carboxylic acids is 1. The lowest BCUT2D eigenvalue weighted by molar-refractivity contribution is -0.125. The summed E-state index contributed by atoms with van der Waals surface area (Å²) in [5, 5.41) is 2.11. The highest BCUT2D eigenvalue weighted by Crippen LogP contribution is 2.22. The van der Waals surface area contributed by atoms with Crippen LogP contribution in [0.3, 0.4) is 0 Å². The number of thioether (sulfide) groups is 1. The van der Waals surface area contributed by atoms with Gasteiger partial charge in [-0.15, -0.1) is 11.8 Å². The molecule has 1 rings (SSSR count). The van der Waals surface area contributed by atoms with Crippen molar-refractivity contribution >= 4 is 17.7 Å². The molecule has 1 aliphatic heterocycles. The molecule has 104 valence electrons. The topological polar surface area (TPSA) is 20.3 Å². The van der Waals surface area contributed by atoms with E-state index in [0.717, 1.165) is 30.8 Å². The first kappa shape index (κ1) is 15.6. The Morgan fingerprint density at radius 2 is 2.11 bits per heavy atom. The van der Waals surface area contributed by atoms with Crippen LogP contribution in [-0.4, -0.2) is 29.6 Å². The van der Waals surface area contributed by atoms with Gasteiger partial charge in [0.25, 0.3) is 0 Å². The minimum absolute atomic E-state index is 0.268. The molecule has 0 aromatic heterocycles. The zero-order valence-corrected chi connectivity index (χ0v) is 12.9. The predicted octanol–water partition coefficient (Wildman–Crippen LogP) is 4.07. The van der Waals surface area contributed by atoms with Gasteiger partial charge < -0.3 is 4.90 Å². The summed E-state index contributed by atoms with van der Waals surface area (Å²) < 4.78 is 0. The second-order valence-corrected chi connectivity index (χ2v) is 6.45. The van der Waals surface area contributed by atoms with Gasteiger partial charge in [0.05, 0.1) is 0 Å². The molecule has 0 aliphatic carbocycles. The van der Waals surface area contributed by atoms with Crippen molar-refractivity contribution in [1.29, 1.82) is 0 Å². The summed E-state index contributed by atoms with van der Waals surface area (Å²) in [4.78, 5) is 14.0. The van der Waals surface area contributed by atoms with Crippen LogP contribution in [-0.2, 0) is 4.79 Å². The summed E-state index contributed by atoms with van der Waals surface area (Å²) in [6, 6.07) is 0. The normalized spacial score (nSPS) is 18.3. The van der Waals surface area contributed by atoms with Crippen LogP contribution in [0.5, 0.6) is 0 Å². The van der Waals surface area contributed by atoms with Crippen molar-refractivity contribution in [2.24, 2.45) is 5.92 Å². The second-order valence-electron chi connectivity index (χ2n) is 5.47. The molecule has 1 saturated heterocycles. The van der Waals surface area contributed by atoms with Gasteiger partial charge in [0.15, 0.2) is 0 Å². The molecule has 2 nitrogen and oxygen atoms in total. The standard InChI is InChI=1S/C15H27NOS/c1-4-5-6-7-10-18-12-14-8-9-16(15(14)17)11-13(2)3/h12-13H,4-11H2,1-3H3/b14-12+. The number of carbonyl (C=O) groups is 1. The molecule has 18 heavy (non-hydrogen) atoms. The fraction of sp³-hybridized carbons (Fsp3) is 0.800. The molecule has 0 N–H and O–H groups in total. The van der Waals surface area contributed by atoms with Crippen molar-refractivity contribution < 1.29 is 4.79 Å². The van der Waals surface area contributed by atoms with Crippen molar-refractivity contribution in [3.8, 4) is 0 Å². The molecule has 1 aliphatic rings. The van der Waals surface area contributed by atoms with Gasteiger partial charge in [-0.05, 0) is 29.9 Å². The van der Waals surface area contributed by atoms with Gasteiger partial charge >= 0.3 is 0 Å². The highest BCUT2D eigenvalue weighted by Gasteiger charge is 2.25. The molecule has 1 heterocycles. The van der Waals surface area contributed by atoms with Gasteiger partial charge in [-0.25, -0.2) is 0 Å². The Morgan fingerprint density at radius 1 is 1.33 bits per heavy atom. The van der Waals surface area contributed by atoms with E-state index in [1.54, 1.807) is 0 Å². The fourth-order valence-corrected chi connectivity index (χ4v) is 3.07. The molecule has 0 aromatic rings. The number of hydrogen-bond donors (Lipinski definition) is 0. The molecule has 0 aromatic carbocycles. The molecular weight excluding hydrogens is 242 g/mol. The zero-order chi connectivity index (χ0) is 13.4. The van der Waals surface area contributed by atoms with E-state index < -0.39 is 0 Å². The Balaban J connectivity index is 2.24. The van der Waals surface area contributed by atoms with Crippen LogP contribution >= 0.6 is 11.8 Å². The maximum atomic E-state index is 12.1. The quantitative estimate of drug-likeness (QED) is 0.489. The second kappa shape index (κ2) is 8.63. The van der Waals surface area contributed by atoms with Crippen LogP contribution in [0.1, 0.15) is 52.9 Å². The number of hydrogen-bond acceptors (Lipinski definition) is 2. The highest BCUT2D eigenvalue weighted by molar-refractivity contribution is 8.02. The summed E-state index contributed by atoms with van der Waals surface area (Å²) in [7, 11) is 0. The van der Waals surface area contributed by atoms with Crippen molar-refractivity contribution in [3.63, 3.8) is 0 Å². The Kier molecular flexibility index (Phi) is 7.48. The third kappa shape index (κ3) is 5.47. The van der Waals surface area contributed by atoms with Crippen molar-refractivity contribution in [2.45, 2.75) is 52.9 Å². The first-order chi connectivity index (χ1) is 8.65. The molecule has 1 amide bonds. The molecule has 0 saturated carbocycles. The highest BCUT2D eigenvalue weighted by atomic mass is 32.2. The van der Waals surface area contributed by atoms with Crippen molar-refractivity contribution in [3.05, 3.63) is 11.0 Å². The number of unbranched alkanes of at least 4 members (excludes halogenated alkanes) is 3. The molecule has 1 fully saturated rings. The lowest BCUT2D eigenvalue weighted by Crippen LogP contribution is -2.28. The largest absolute Gasteiger partial charge is 0.338 e. The molecular formula is C15H27NOS. The van der Waals surface area contributed by atoms with Gasteiger partial charge in [0.1, 0.15) is 0 Å². The molecule has 0 bridgehead atoms. The van der Waals surface area contributed by atoms with Crippen molar-refractivity contribution in [1.82, 2.24) is 4.90 Å². The van der Waals surface area contributed by atoms with E-state index in [9.17, 15) is 4.79 Å². The lowest BCUT2D eigenvalue weighted by Gasteiger charge is -2.17. The third-order valence-electron chi connectivity index (χ3n) is 3.14. The molecule has 0 spiro atoms.